The molecule has 0 aromatic carbocycles. The normalized spacial score (nSPS) is 23.2. The van der Waals surface area contributed by atoms with Gasteiger partial charge in [-0.1, -0.05) is 11.2 Å². The SMILES string of the molecule is CC(C)N1CCN(C(C)C)P1Cl. The summed E-state index contributed by atoms with van der Waals surface area (Å²) in [4.78, 5) is 0. The molecule has 0 spiro atoms. The summed E-state index contributed by atoms with van der Waals surface area (Å²) in [5.74, 6) is 0. The minimum atomic E-state index is -0.532. The number of nitrogens with zero attached hydrogens (tertiary/aromatic N) is 2. The summed E-state index contributed by atoms with van der Waals surface area (Å²) in [6, 6.07) is 1.16. The molecule has 0 N–H and O–H groups in total. The van der Waals surface area contributed by atoms with Crippen LogP contribution < -0.4 is 0 Å². The molecule has 1 aliphatic heterocycles. The van der Waals surface area contributed by atoms with Crippen molar-refractivity contribution >= 4 is 18.8 Å². The molecule has 4 heteroatoms. The highest BCUT2D eigenvalue weighted by atomic mass is 35.7. The summed E-state index contributed by atoms with van der Waals surface area (Å²) in [6.45, 7) is 11.1. The van der Waals surface area contributed by atoms with Crippen molar-refractivity contribution in [2.24, 2.45) is 0 Å². The van der Waals surface area contributed by atoms with Gasteiger partial charge in [0.1, 0.15) is 7.58 Å². The predicted octanol–water partition coefficient (Wildman–Crippen LogP) is 2.89. The molecule has 0 amide bonds. The van der Waals surface area contributed by atoms with Gasteiger partial charge in [0, 0.05) is 25.2 Å². The van der Waals surface area contributed by atoms with Gasteiger partial charge < -0.3 is 0 Å². The lowest BCUT2D eigenvalue weighted by molar-refractivity contribution is 0.390. The fraction of sp³-hybridized carbons (Fsp3) is 1.00. The Morgan fingerprint density at radius 3 is 1.50 bits per heavy atom. The Bertz CT molecular complexity index is 136. The van der Waals surface area contributed by atoms with E-state index in [-0.39, 0.29) is 0 Å². The number of hydrogen-bond acceptors (Lipinski definition) is 2. The first-order valence-electron chi connectivity index (χ1n) is 4.53. The van der Waals surface area contributed by atoms with Gasteiger partial charge in [-0.15, -0.1) is 0 Å². The van der Waals surface area contributed by atoms with Crippen LogP contribution in [0.4, 0.5) is 0 Å². The van der Waals surface area contributed by atoms with Crippen LogP contribution in [0.15, 0.2) is 0 Å². The van der Waals surface area contributed by atoms with E-state index in [1.54, 1.807) is 0 Å². The van der Waals surface area contributed by atoms with Crippen molar-refractivity contribution in [3.63, 3.8) is 0 Å². The van der Waals surface area contributed by atoms with Gasteiger partial charge in [0.2, 0.25) is 0 Å². The van der Waals surface area contributed by atoms with E-state index in [4.69, 9.17) is 11.2 Å². The highest BCUT2D eigenvalue weighted by Gasteiger charge is 2.33. The maximum atomic E-state index is 6.35. The van der Waals surface area contributed by atoms with Gasteiger partial charge in [-0.05, 0) is 27.7 Å². The molecule has 1 rings (SSSR count). The van der Waals surface area contributed by atoms with Crippen molar-refractivity contribution < 1.29 is 0 Å². The van der Waals surface area contributed by atoms with Gasteiger partial charge in [-0.25, -0.2) is 0 Å². The molecule has 0 unspecified atom stereocenters. The van der Waals surface area contributed by atoms with Gasteiger partial charge in [0.05, 0.1) is 0 Å². The van der Waals surface area contributed by atoms with E-state index in [9.17, 15) is 0 Å². The van der Waals surface area contributed by atoms with Crippen LogP contribution >= 0.6 is 18.8 Å². The van der Waals surface area contributed by atoms with Crippen molar-refractivity contribution in [1.82, 2.24) is 9.34 Å². The fourth-order valence-corrected chi connectivity index (χ4v) is 4.48. The molecule has 1 fully saturated rings. The van der Waals surface area contributed by atoms with Crippen LogP contribution in [0.5, 0.6) is 0 Å². The van der Waals surface area contributed by atoms with Crippen LogP contribution in [0, 0.1) is 0 Å². The molecule has 1 aliphatic rings. The molecule has 0 aromatic heterocycles. The molecule has 0 aromatic rings. The minimum Gasteiger partial charge on any atom is -0.254 e. The molecule has 72 valence electrons. The van der Waals surface area contributed by atoms with Crippen LogP contribution in [0.25, 0.3) is 0 Å². The Labute approximate surface area is 81.5 Å². The van der Waals surface area contributed by atoms with Crippen LogP contribution in [-0.2, 0) is 0 Å². The third-order valence-corrected chi connectivity index (χ3v) is 5.51. The minimum absolute atomic E-state index is 0.532. The number of rotatable bonds is 2. The van der Waals surface area contributed by atoms with Crippen molar-refractivity contribution in [2.75, 3.05) is 13.1 Å². The molecular weight excluding hydrogens is 191 g/mol. The third kappa shape index (κ3) is 2.11. The summed E-state index contributed by atoms with van der Waals surface area (Å²) in [5, 5.41) is 0. The van der Waals surface area contributed by atoms with Crippen molar-refractivity contribution in [1.29, 1.82) is 0 Å². The van der Waals surface area contributed by atoms with Crippen LogP contribution in [0.2, 0.25) is 0 Å². The molecule has 0 saturated carbocycles. The summed E-state index contributed by atoms with van der Waals surface area (Å²) in [5.41, 5.74) is 0. The Morgan fingerprint density at radius 1 is 1.00 bits per heavy atom. The largest absolute Gasteiger partial charge is 0.254 e. The molecule has 0 aliphatic carbocycles. The third-order valence-electron chi connectivity index (χ3n) is 2.17. The van der Waals surface area contributed by atoms with E-state index in [1.807, 2.05) is 0 Å². The van der Waals surface area contributed by atoms with E-state index >= 15 is 0 Å². The first-order valence-corrected chi connectivity index (χ1v) is 6.68. The fourth-order valence-electron chi connectivity index (χ4n) is 1.42. The molecule has 1 heterocycles. The molecule has 12 heavy (non-hydrogen) atoms. The van der Waals surface area contributed by atoms with Crippen molar-refractivity contribution in [3.8, 4) is 0 Å². The summed E-state index contributed by atoms with van der Waals surface area (Å²) in [7, 11) is -0.532. The van der Waals surface area contributed by atoms with Crippen LogP contribution in [0.1, 0.15) is 27.7 Å². The van der Waals surface area contributed by atoms with E-state index in [0.29, 0.717) is 12.1 Å². The average molecular weight is 209 g/mol. The molecule has 0 atom stereocenters. The molecule has 0 bridgehead atoms. The zero-order valence-electron chi connectivity index (χ0n) is 8.29. The van der Waals surface area contributed by atoms with Gasteiger partial charge >= 0.3 is 0 Å². The summed E-state index contributed by atoms with van der Waals surface area (Å²) >= 11 is 6.35. The summed E-state index contributed by atoms with van der Waals surface area (Å²) in [6.07, 6.45) is 0. The lowest BCUT2D eigenvalue weighted by Gasteiger charge is -2.28. The standard InChI is InChI=1S/C8H18ClN2P/c1-7(2)10-5-6-11(8(3)4)12(10)9/h7-8H,5-6H2,1-4H3. The number of hydrogen-bond donors (Lipinski definition) is 0. The lowest BCUT2D eigenvalue weighted by Crippen LogP contribution is -2.23. The van der Waals surface area contributed by atoms with Gasteiger partial charge in [-0.2, -0.15) is 0 Å². The maximum absolute atomic E-state index is 6.35. The van der Waals surface area contributed by atoms with Crippen LogP contribution in [0.3, 0.4) is 0 Å². The van der Waals surface area contributed by atoms with Crippen molar-refractivity contribution in [3.05, 3.63) is 0 Å². The zero-order chi connectivity index (χ0) is 9.30. The van der Waals surface area contributed by atoms with Crippen LogP contribution in [-0.4, -0.2) is 34.5 Å². The highest BCUT2D eigenvalue weighted by molar-refractivity contribution is 7.80. The second-order valence-electron chi connectivity index (χ2n) is 3.75. The van der Waals surface area contributed by atoms with E-state index < -0.39 is 7.58 Å². The van der Waals surface area contributed by atoms with Crippen molar-refractivity contribution in [2.45, 2.75) is 39.8 Å². The number of halogens is 1. The smallest absolute Gasteiger partial charge is 0.140 e. The first-order chi connectivity index (χ1) is 5.54. The zero-order valence-corrected chi connectivity index (χ0v) is 9.94. The Morgan fingerprint density at radius 2 is 1.33 bits per heavy atom. The second-order valence-corrected chi connectivity index (χ2v) is 6.17. The molecule has 2 nitrogen and oxygen atoms in total. The first kappa shape index (κ1) is 10.7. The average Bonchev–Trinajstić information content (AvgIpc) is 2.30. The van der Waals surface area contributed by atoms with Gasteiger partial charge in [-0.3, -0.25) is 9.34 Å². The summed E-state index contributed by atoms with van der Waals surface area (Å²) < 4.78 is 4.77. The van der Waals surface area contributed by atoms with Gasteiger partial charge in [0.25, 0.3) is 0 Å². The second kappa shape index (κ2) is 4.23. The highest BCUT2D eigenvalue weighted by Crippen LogP contribution is 2.54. The Kier molecular flexibility index (Phi) is 3.78. The lowest BCUT2D eigenvalue weighted by atomic mass is 10.3. The topological polar surface area (TPSA) is 6.48 Å². The predicted molar refractivity (Wildman–Crippen MR) is 56.5 cm³/mol. The van der Waals surface area contributed by atoms with E-state index in [1.165, 1.54) is 0 Å². The quantitative estimate of drug-likeness (QED) is 0.644. The molecule has 0 radical (unpaired) electrons. The molecular formula is C8H18ClN2P. The molecule has 1 saturated heterocycles. The van der Waals surface area contributed by atoms with E-state index in [0.717, 1.165) is 13.1 Å². The maximum Gasteiger partial charge on any atom is 0.140 e. The monoisotopic (exact) mass is 208 g/mol. The van der Waals surface area contributed by atoms with Gasteiger partial charge in [0.15, 0.2) is 0 Å². The van der Waals surface area contributed by atoms with E-state index in [2.05, 4.69) is 37.0 Å². The Balaban J connectivity index is 2.55. The Hall–Kier alpha value is 0.640.